The van der Waals surface area contributed by atoms with Crippen LogP contribution in [0.5, 0.6) is 5.75 Å². The van der Waals surface area contributed by atoms with E-state index in [1.807, 2.05) is 0 Å². The van der Waals surface area contributed by atoms with E-state index < -0.39 is 17.9 Å². The van der Waals surface area contributed by atoms with Crippen LogP contribution in [0.1, 0.15) is 29.8 Å². The molecule has 2 aromatic rings. The van der Waals surface area contributed by atoms with Crippen molar-refractivity contribution in [3.8, 4) is 5.75 Å². The van der Waals surface area contributed by atoms with Crippen LogP contribution in [0.25, 0.3) is 0 Å². The van der Waals surface area contributed by atoms with Gasteiger partial charge < -0.3 is 14.8 Å². The summed E-state index contributed by atoms with van der Waals surface area (Å²) in [6.45, 7) is 3.37. The highest BCUT2D eigenvalue weighted by molar-refractivity contribution is 9.10. The fraction of sp³-hybridized carbons (Fsp3) is 0.238. The number of benzene rings is 2. The number of carbonyl (C=O) groups excluding carboxylic acids is 3. The van der Waals surface area contributed by atoms with Crippen LogP contribution in [-0.4, -0.2) is 43.3 Å². The second kappa shape index (κ2) is 12.2. The highest BCUT2D eigenvalue weighted by atomic mass is 79.9. The van der Waals surface area contributed by atoms with Crippen molar-refractivity contribution in [2.24, 2.45) is 5.10 Å². The summed E-state index contributed by atoms with van der Waals surface area (Å²) in [4.78, 5) is 35.8. The highest BCUT2D eigenvalue weighted by Gasteiger charge is 2.17. The number of nitrogens with one attached hydrogen (secondary N) is 2. The molecule has 2 rings (SSSR count). The van der Waals surface area contributed by atoms with Crippen LogP contribution in [0, 0.1) is 0 Å². The summed E-state index contributed by atoms with van der Waals surface area (Å²) in [6.07, 6.45) is 1.44. The molecule has 0 aliphatic carbocycles. The Hall–Kier alpha value is -2.72. The van der Waals surface area contributed by atoms with Gasteiger partial charge in [0.15, 0.2) is 6.61 Å². The van der Waals surface area contributed by atoms with Crippen LogP contribution in [0.3, 0.4) is 0 Å². The van der Waals surface area contributed by atoms with Crippen LogP contribution in [0.15, 0.2) is 56.5 Å². The number of nitrogens with zero attached hydrogens (tertiary/aromatic N) is 1. The predicted molar refractivity (Wildman–Crippen MR) is 123 cm³/mol. The van der Waals surface area contributed by atoms with Gasteiger partial charge in [0.25, 0.3) is 11.8 Å². The van der Waals surface area contributed by atoms with Crippen molar-refractivity contribution in [3.05, 3.63) is 62.5 Å². The van der Waals surface area contributed by atoms with Crippen LogP contribution in [0.2, 0.25) is 0 Å². The summed E-state index contributed by atoms with van der Waals surface area (Å²) in [7, 11) is 0. The predicted octanol–water partition coefficient (Wildman–Crippen LogP) is 3.42. The number of hydrogen-bond acceptors (Lipinski definition) is 6. The highest BCUT2D eigenvalue weighted by Crippen LogP contribution is 2.25. The van der Waals surface area contributed by atoms with E-state index in [-0.39, 0.29) is 19.1 Å². The maximum atomic E-state index is 12.3. The third-order valence-electron chi connectivity index (χ3n) is 3.85. The normalized spacial score (nSPS) is 11.6. The molecule has 2 N–H and O–H groups in total. The van der Waals surface area contributed by atoms with Gasteiger partial charge in [0.1, 0.15) is 11.8 Å². The lowest BCUT2D eigenvalue weighted by molar-refractivity contribution is -0.145. The molecule has 0 radical (unpaired) electrons. The summed E-state index contributed by atoms with van der Waals surface area (Å²) in [5.74, 6) is -0.826. The molecule has 2 amide bonds. The minimum Gasteiger partial charge on any atom is -0.481 e. The molecular formula is C21H21Br2N3O5. The summed E-state index contributed by atoms with van der Waals surface area (Å²) in [6, 6.07) is 11.2. The van der Waals surface area contributed by atoms with Gasteiger partial charge in [-0.05, 0) is 81.6 Å². The van der Waals surface area contributed by atoms with Crippen LogP contribution in [0.4, 0.5) is 0 Å². The standard InChI is InChI=1S/C21H21Br2N3O5/c1-3-30-19(27)12-31-18-9-8-14(10-17(18)23)11-24-26-20(28)13(2)25-21(29)15-6-4-5-7-16(15)22/h4-11,13H,3,12H2,1-2H3,(H,25,29)(H,26,28). The van der Waals surface area contributed by atoms with E-state index in [9.17, 15) is 14.4 Å². The Morgan fingerprint density at radius 3 is 2.55 bits per heavy atom. The van der Waals surface area contributed by atoms with Gasteiger partial charge in [0.05, 0.1) is 22.9 Å². The lowest BCUT2D eigenvalue weighted by Gasteiger charge is -2.13. The number of halogens is 2. The van der Waals surface area contributed by atoms with Gasteiger partial charge in [-0.3, -0.25) is 9.59 Å². The number of ether oxygens (including phenoxy) is 2. The molecule has 0 bridgehead atoms. The first-order chi connectivity index (χ1) is 14.8. The second-order valence-corrected chi connectivity index (χ2v) is 7.90. The van der Waals surface area contributed by atoms with Crippen molar-refractivity contribution in [2.45, 2.75) is 19.9 Å². The average Bonchev–Trinajstić information content (AvgIpc) is 2.73. The zero-order valence-corrected chi connectivity index (χ0v) is 20.0. The number of esters is 1. The third kappa shape index (κ3) is 7.80. The summed E-state index contributed by atoms with van der Waals surface area (Å²) in [5, 5.41) is 6.53. The van der Waals surface area contributed by atoms with Crippen molar-refractivity contribution in [1.29, 1.82) is 0 Å². The van der Waals surface area contributed by atoms with Crippen molar-refractivity contribution in [2.75, 3.05) is 13.2 Å². The molecule has 0 aromatic heterocycles. The monoisotopic (exact) mass is 553 g/mol. The molecular weight excluding hydrogens is 534 g/mol. The van der Waals surface area contributed by atoms with Crippen LogP contribution >= 0.6 is 31.9 Å². The van der Waals surface area contributed by atoms with Gasteiger partial charge in [0.2, 0.25) is 0 Å². The van der Waals surface area contributed by atoms with E-state index in [2.05, 4.69) is 47.7 Å². The van der Waals surface area contributed by atoms with Gasteiger partial charge in [-0.2, -0.15) is 5.10 Å². The number of hydrazone groups is 1. The number of rotatable bonds is 9. The molecule has 0 saturated carbocycles. The fourth-order valence-electron chi connectivity index (χ4n) is 2.31. The Morgan fingerprint density at radius 2 is 1.87 bits per heavy atom. The van der Waals surface area contributed by atoms with Gasteiger partial charge in [0, 0.05) is 4.47 Å². The number of carbonyl (C=O) groups is 3. The molecule has 10 heteroatoms. The Morgan fingerprint density at radius 1 is 1.13 bits per heavy atom. The maximum Gasteiger partial charge on any atom is 0.344 e. The number of hydrogen-bond donors (Lipinski definition) is 2. The Kier molecular flexibility index (Phi) is 9.67. The molecule has 31 heavy (non-hydrogen) atoms. The first kappa shape index (κ1) is 24.5. The molecule has 1 atom stereocenters. The lowest BCUT2D eigenvalue weighted by atomic mass is 10.2. The van der Waals surface area contributed by atoms with Gasteiger partial charge in [-0.25, -0.2) is 10.2 Å². The smallest absolute Gasteiger partial charge is 0.344 e. The fourth-order valence-corrected chi connectivity index (χ4v) is 3.28. The molecule has 0 spiro atoms. The minimum atomic E-state index is -0.790. The molecule has 0 saturated heterocycles. The zero-order chi connectivity index (χ0) is 22.8. The Balaban J connectivity index is 1.87. The SMILES string of the molecule is CCOC(=O)COc1ccc(C=NNC(=O)C(C)NC(=O)c2ccccc2Br)cc1Br. The molecule has 1 unspecified atom stereocenters. The molecule has 0 aliphatic rings. The number of amides is 2. The molecule has 164 valence electrons. The van der Waals surface area contributed by atoms with Crippen LogP contribution < -0.4 is 15.5 Å². The topological polar surface area (TPSA) is 106 Å². The van der Waals surface area contributed by atoms with Crippen molar-refractivity contribution < 1.29 is 23.9 Å². The summed E-state index contributed by atoms with van der Waals surface area (Å²) < 4.78 is 11.4. The zero-order valence-electron chi connectivity index (χ0n) is 16.9. The lowest BCUT2D eigenvalue weighted by Crippen LogP contribution is -2.43. The van der Waals surface area contributed by atoms with Crippen molar-refractivity contribution >= 4 is 55.9 Å². The van der Waals surface area contributed by atoms with Crippen molar-refractivity contribution in [1.82, 2.24) is 10.7 Å². The Labute approximate surface area is 196 Å². The third-order valence-corrected chi connectivity index (χ3v) is 5.17. The van der Waals surface area contributed by atoms with Crippen LogP contribution in [-0.2, 0) is 14.3 Å². The van der Waals surface area contributed by atoms with E-state index in [4.69, 9.17) is 9.47 Å². The first-order valence-corrected chi connectivity index (χ1v) is 10.9. The minimum absolute atomic E-state index is 0.195. The van der Waals surface area contributed by atoms with Gasteiger partial charge >= 0.3 is 5.97 Å². The van der Waals surface area contributed by atoms with E-state index >= 15 is 0 Å². The molecule has 0 heterocycles. The molecule has 2 aromatic carbocycles. The average molecular weight is 555 g/mol. The van der Waals surface area contributed by atoms with E-state index in [1.165, 1.54) is 6.21 Å². The summed E-state index contributed by atoms with van der Waals surface area (Å²) in [5.41, 5.74) is 3.50. The van der Waals surface area contributed by atoms with Crippen molar-refractivity contribution in [3.63, 3.8) is 0 Å². The van der Waals surface area contributed by atoms with Gasteiger partial charge in [-0.1, -0.05) is 12.1 Å². The molecule has 0 aliphatic heterocycles. The first-order valence-electron chi connectivity index (χ1n) is 9.28. The second-order valence-electron chi connectivity index (χ2n) is 6.19. The largest absolute Gasteiger partial charge is 0.481 e. The maximum absolute atomic E-state index is 12.3. The van der Waals surface area contributed by atoms with E-state index in [0.29, 0.717) is 25.8 Å². The Bertz CT molecular complexity index is 981. The quantitative estimate of drug-likeness (QED) is 0.281. The van der Waals surface area contributed by atoms with E-state index in [0.717, 1.165) is 0 Å². The molecule has 8 nitrogen and oxygen atoms in total. The molecule has 0 fully saturated rings. The van der Waals surface area contributed by atoms with Gasteiger partial charge in [-0.15, -0.1) is 0 Å². The van der Waals surface area contributed by atoms with E-state index in [1.54, 1.807) is 56.3 Å². The summed E-state index contributed by atoms with van der Waals surface area (Å²) >= 11 is 6.66.